The minimum atomic E-state index is -0.833. The van der Waals surface area contributed by atoms with Crippen LogP contribution >= 0.6 is 0 Å². The van der Waals surface area contributed by atoms with Gasteiger partial charge in [0.25, 0.3) is 0 Å². The van der Waals surface area contributed by atoms with Gasteiger partial charge in [0.15, 0.2) is 0 Å². The molecule has 15 heavy (non-hydrogen) atoms. The molecule has 0 aliphatic carbocycles. The largest absolute Gasteiger partial charge is 0.0657 e. The quantitative estimate of drug-likeness (QED) is 0.325. The fourth-order valence-electron chi connectivity index (χ4n) is 3.09. The second-order valence-electron chi connectivity index (χ2n) is 5.21. The SMILES string of the molecule is CCCCC[Si](CCC)(CCC)CCC. The van der Waals surface area contributed by atoms with Crippen molar-refractivity contribution in [3.63, 3.8) is 0 Å². The molecular weight excluding hydrogens is 196 g/mol. The lowest BCUT2D eigenvalue weighted by Crippen LogP contribution is -2.33. The second kappa shape index (κ2) is 9.44. The molecule has 0 aliphatic heterocycles. The molecule has 0 spiro atoms. The van der Waals surface area contributed by atoms with Crippen molar-refractivity contribution >= 4 is 8.07 Å². The van der Waals surface area contributed by atoms with Gasteiger partial charge in [0.2, 0.25) is 0 Å². The van der Waals surface area contributed by atoms with E-state index < -0.39 is 8.07 Å². The van der Waals surface area contributed by atoms with Crippen molar-refractivity contribution < 1.29 is 0 Å². The summed E-state index contributed by atoms with van der Waals surface area (Å²) in [6.45, 7) is 9.47. The van der Waals surface area contributed by atoms with Gasteiger partial charge in [-0.2, -0.15) is 0 Å². The lowest BCUT2D eigenvalue weighted by atomic mass is 10.3. The highest BCUT2D eigenvalue weighted by molar-refractivity contribution is 6.79. The maximum atomic E-state index is 2.38. The van der Waals surface area contributed by atoms with Crippen LogP contribution in [0, 0.1) is 0 Å². The molecule has 0 atom stereocenters. The summed E-state index contributed by atoms with van der Waals surface area (Å²) in [7, 11) is -0.833. The summed E-state index contributed by atoms with van der Waals surface area (Å²) in [4.78, 5) is 0. The summed E-state index contributed by atoms with van der Waals surface area (Å²) >= 11 is 0. The van der Waals surface area contributed by atoms with Crippen molar-refractivity contribution in [2.75, 3.05) is 0 Å². The van der Waals surface area contributed by atoms with E-state index in [4.69, 9.17) is 0 Å². The van der Waals surface area contributed by atoms with Gasteiger partial charge in [-0.15, -0.1) is 0 Å². The predicted octanol–water partition coefficient (Wildman–Crippen LogP) is 5.86. The molecule has 1 heteroatoms. The van der Waals surface area contributed by atoms with E-state index in [-0.39, 0.29) is 0 Å². The van der Waals surface area contributed by atoms with Crippen molar-refractivity contribution in [3.05, 3.63) is 0 Å². The highest BCUT2D eigenvalue weighted by atomic mass is 28.3. The molecule has 0 aromatic carbocycles. The van der Waals surface area contributed by atoms with Crippen LogP contribution in [0.5, 0.6) is 0 Å². The molecule has 0 N–H and O–H groups in total. The Morgan fingerprint density at radius 2 is 1.00 bits per heavy atom. The Kier molecular flexibility index (Phi) is 9.58. The van der Waals surface area contributed by atoms with Crippen LogP contribution in [0.15, 0.2) is 0 Å². The zero-order chi connectivity index (χ0) is 11.6. The van der Waals surface area contributed by atoms with Crippen LogP contribution in [-0.2, 0) is 0 Å². The topological polar surface area (TPSA) is 0 Å². The summed E-state index contributed by atoms with van der Waals surface area (Å²) in [6.07, 6.45) is 8.65. The van der Waals surface area contributed by atoms with Crippen LogP contribution in [0.1, 0.15) is 66.2 Å². The van der Waals surface area contributed by atoms with Crippen LogP contribution in [0.4, 0.5) is 0 Å². The summed E-state index contributed by atoms with van der Waals surface area (Å²) in [5.41, 5.74) is 0. The number of hydrogen-bond acceptors (Lipinski definition) is 0. The normalized spacial score (nSPS) is 12.0. The van der Waals surface area contributed by atoms with Crippen LogP contribution in [-0.4, -0.2) is 8.07 Å². The third-order valence-electron chi connectivity index (χ3n) is 3.65. The van der Waals surface area contributed by atoms with Crippen LogP contribution < -0.4 is 0 Å². The van der Waals surface area contributed by atoms with Crippen LogP contribution in [0.3, 0.4) is 0 Å². The van der Waals surface area contributed by atoms with Gasteiger partial charge in [-0.1, -0.05) is 90.4 Å². The molecule has 0 aliphatic rings. The van der Waals surface area contributed by atoms with Gasteiger partial charge < -0.3 is 0 Å². The van der Waals surface area contributed by atoms with E-state index in [1.807, 2.05) is 0 Å². The molecule has 0 saturated carbocycles. The van der Waals surface area contributed by atoms with E-state index in [1.165, 1.54) is 38.5 Å². The van der Waals surface area contributed by atoms with E-state index >= 15 is 0 Å². The first-order valence-corrected chi connectivity index (χ1v) is 10.1. The van der Waals surface area contributed by atoms with Gasteiger partial charge in [-0.25, -0.2) is 0 Å². The molecule has 0 unspecified atom stereocenters. The molecule has 92 valence electrons. The van der Waals surface area contributed by atoms with Crippen LogP contribution in [0.25, 0.3) is 0 Å². The van der Waals surface area contributed by atoms with Crippen molar-refractivity contribution in [3.8, 4) is 0 Å². The average molecular weight is 228 g/mol. The Balaban J connectivity index is 4.18. The lowest BCUT2D eigenvalue weighted by Gasteiger charge is -2.31. The molecular formula is C14H32Si. The average Bonchev–Trinajstić information content (AvgIpc) is 2.19. The Labute approximate surface area is 98.9 Å². The van der Waals surface area contributed by atoms with E-state index in [2.05, 4.69) is 27.7 Å². The smallest absolute Gasteiger partial charge is 0.0535 e. The lowest BCUT2D eigenvalue weighted by molar-refractivity contribution is 0.748. The molecule has 0 aromatic rings. The minimum absolute atomic E-state index is 0.833. The number of hydrogen-bond donors (Lipinski definition) is 0. The first kappa shape index (κ1) is 15.2. The summed E-state index contributed by atoms with van der Waals surface area (Å²) in [5.74, 6) is 0. The summed E-state index contributed by atoms with van der Waals surface area (Å²) < 4.78 is 0. The molecule has 0 fully saturated rings. The maximum Gasteiger partial charge on any atom is 0.0535 e. The Morgan fingerprint density at radius 1 is 0.533 bits per heavy atom. The van der Waals surface area contributed by atoms with Gasteiger partial charge in [-0.3, -0.25) is 0 Å². The molecule has 0 radical (unpaired) electrons. The molecule has 0 bridgehead atoms. The maximum absolute atomic E-state index is 2.38. The highest BCUT2D eigenvalue weighted by Crippen LogP contribution is 2.32. The monoisotopic (exact) mass is 228 g/mol. The van der Waals surface area contributed by atoms with Gasteiger partial charge in [-0.05, 0) is 0 Å². The molecule has 0 rings (SSSR count). The van der Waals surface area contributed by atoms with Crippen molar-refractivity contribution in [1.82, 2.24) is 0 Å². The van der Waals surface area contributed by atoms with Gasteiger partial charge >= 0.3 is 0 Å². The van der Waals surface area contributed by atoms with Gasteiger partial charge in [0.05, 0.1) is 8.07 Å². The molecule has 0 amide bonds. The fourth-order valence-corrected chi connectivity index (χ4v) is 8.77. The van der Waals surface area contributed by atoms with Crippen molar-refractivity contribution in [2.24, 2.45) is 0 Å². The molecule has 0 nitrogen and oxygen atoms in total. The highest BCUT2D eigenvalue weighted by Gasteiger charge is 2.28. The Morgan fingerprint density at radius 3 is 1.33 bits per heavy atom. The molecule has 0 heterocycles. The van der Waals surface area contributed by atoms with Crippen molar-refractivity contribution in [2.45, 2.75) is 90.4 Å². The van der Waals surface area contributed by atoms with E-state index in [1.54, 1.807) is 24.2 Å². The number of rotatable bonds is 10. The fraction of sp³-hybridized carbons (Fsp3) is 1.00. The van der Waals surface area contributed by atoms with E-state index in [0.717, 1.165) is 0 Å². The van der Waals surface area contributed by atoms with Crippen molar-refractivity contribution in [1.29, 1.82) is 0 Å². The first-order chi connectivity index (χ1) is 7.24. The predicted molar refractivity (Wildman–Crippen MR) is 75.4 cm³/mol. The van der Waals surface area contributed by atoms with E-state index in [0.29, 0.717) is 0 Å². The Hall–Kier alpha value is 0.217. The zero-order valence-electron chi connectivity index (χ0n) is 11.6. The third-order valence-corrected chi connectivity index (χ3v) is 9.75. The van der Waals surface area contributed by atoms with Crippen LogP contribution in [0.2, 0.25) is 24.2 Å². The molecule has 0 saturated heterocycles. The second-order valence-corrected chi connectivity index (χ2v) is 10.2. The Bertz CT molecular complexity index is 114. The molecule has 0 aromatic heterocycles. The van der Waals surface area contributed by atoms with E-state index in [9.17, 15) is 0 Å². The zero-order valence-corrected chi connectivity index (χ0v) is 12.6. The minimum Gasteiger partial charge on any atom is -0.0657 e. The summed E-state index contributed by atoms with van der Waals surface area (Å²) in [6, 6.07) is 6.41. The third kappa shape index (κ3) is 6.39. The standard InChI is InChI=1S/C14H32Si/c1-5-9-10-14-15(11-6-2,12-7-3)13-8-4/h5-14H2,1-4H3. The van der Waals surface area contributed by atoms with Gasteiger partial charge in [0.1, 0.15) is 0 Å². The first-order valence-electron chi connectivity index (χ1n) is 7.24. The summed E-state index contributed by atoms with van der Waals surface area (Å²) in [5, 5.41) is 0. The van der Waals surface area contributed by atoms with Gasteiger partial charge in [0, 0.05) is 0 Å². The number of unbranched alkanes of at least 4 members (excludes halogenated alkanes) is 2.